The number of hydrogen-bond acceptors (Lipinski definition) is 6. The standard InChI is InChI=1S/C17H22N4OS.2C2H6/c1-17(2,3)14-11-19-15(22-14)5-4-13-10-20-16(23-13)21-12-6-8-18-9-7-12;2*1-2/h4-6,8,10-11,16,20-21H,7,9H2,1-3H3;2*1-2H3/b5-4+;;. The normalized spacial score (nSPS) is 18.6. The van der Waals surface area contributed by atoms with Crippen LogP contribution in [0.15, 0.2) is 44.6 Å². The largest absolute Gasteiger partial charge is 0.441 e. The van der Waals surface area contributed by atoms with E-state index in [0.29, 0.717) is 5.89 Å². The van der Waals surface area contributed by atoms with Crippen LogP contribution in [0.3, 0.4) is 0 Å². The lowest BCUT2D eigenvalue weighted by Crippen LogP contribution is -2.34. The predicted molar refractivity (Wildman–Crippen MR) is 119 cm³/mol. The van der Waals surface area contributed by atoms with Gasteiger partial charge in [-0.1, -0.05) is 60.2 Å². The van der Waals surface area contributed by atoms with E-state index in [4.69, 9.17) is 4.42 Å². The molecular weight excluding hydrogens is 356 g/mol. The first-order valence-electron chi connectivity index (χ1n) is 9.73. The maximum Gasteiger partial charge on any atom is 0.218 e. The molecule has 0 aromatic carbocycles. The van der Waals surface area contributed by atoms with Crippen LogP contribution in [-0.4, -0.2) is 23.2 Å². The van der Waals surface area contributed by atoms with Crippen molar-refractivity contribution in [3.8, 4) is 0 Å². The molecule has 3 rings (SSSR count). The Labute approximate surface area is 168 Å². The second kappa shape index (κ2) is 11.7. The van der Waals surface area contributed by atoms with Gasteiger partial charge in [0.1, 0.15) is 11.3 Å². The van der Waals surface area contributed by atoms with Crippen LogP contribution in [0.2, 0.25) is 0 Å². The number of oxazole rings is 1. The van der Waals surface area contributed by atoms with E-state index in [1.165, 1.54) is 5.70 Å². The highest BCUT2D eigenvalue weighted by atomic mass is 32.2. The Morgan fingerprint density at radius 1 is 1.22 bits per heavy atom. The van der Waals surface area contributed by atoms with Crippen LogP contribution in [0.5, 0.6) is 0 Å². The topological polar surface area (TPSA) is 62.5 Å². The van der Waals surface area contributed by atoms with Gasteiger partial charge in [0.25, 0.3) is 0 Å². The third-order valence-electron chi connectivity index (χ3n) is 3.49. The Balaban J connectivity index is 0.000000855. The summed E-state index contributed by atoms with van der Waals surface area (Å²) in [5.41, 5.74) is 1.35. The lowest BCUT2D eigenvalue weighted by Gasteiger charge is -2.17. The molecule has 2 aliphatic heterocycles. The van der Waals surface area contributed by atoms with Crippen molar-refractivity contribution in [1.82, 2.24) is 15.6 Å². The van der Waals surface area contributed by atoms with Crippen molar-refractivity contribution in [2.45, 2.75) is 65.8 Å². The van der Waals surface area contributed by atoms with Crippen LogP contribution >= 0.6 is 11.8 Å². The van der Waals surface area contributed by atoms with Gasteiger partial charge in [-0.05, 0) is 12.2 Å². The SMILES string of the molecule is CC.CC.CC(C)(C)c1cnc(/C=C/C2=CNC(NC3=CC=NCC3)S2)o1. The third kappa shape index (κ3) is 7.67. The quantitative estimate of drug-likeness (QED) is 0.716. The Morgan fingerprint density at radius 3 is 2.56 bits per heavy atom. The van der Waals surface area contributed by atoms with Crippen LogP contribution in [0.4, 0.5) is 0 Å². The minimum atomic E-state index is -0.0198. The van der Waals surface area contributed by atoms with E-state index >= 15 is 0 Å². The highest BCUT2D eigenvalue weighted by Gasteiger charge is 2.19. The van der Waals surface area contributed by atoms with Gasteiger partial charge in [-0.25, -0.2) is 4.98 Å². The average molecular weight is 391 g/mol. The highest BCUT2D eigenvalue weighted by molar-refractivity contribution is 8.04. The van der Waals surface area contributed by atoms with Crippen LogP contribution in [-0.2, 0) is 5.41 Å². The Hall–Kier alpha value is -1.95. The van der Waals surface area contributed by atoms with Gasteiger partial charge >= 0.3 is 0 Å². The fourth-order valence-corrected chi connectivity index (χ4v) is 3.06. The zero-order valence-electron chi connectivity index (χ0n) is 17.7. The summed E-state index contributed by atoms with van der Waals surface area (Å²) in [6, 6.07) is 0. The summed E-state index contributed by atoms with van der Waals surface area (Å²) in [5, 5.41) is 6.79. The zero-order valence-corrected chi connectivity index (χ0v) is 18.5. The molecule has 2 aliphatic rings. The van der Waals surface area contributed by atoms with Gasteiger partial charge in [0, 0.05) is 47.5 Å². The van der Waals surface area contributed by atoms with E-state index in [2.05, 4.69) is 41.4 Å². The summed E-state index contributed by atoms with van der Waals surface area (Å²) in [6.45, 7) is 15.2. The number of nitrogens with zero attached hydrogens (tertiary/aromatic N) is 2. The number of hydrogen-bond donors (Lipinski definition) is 2. The molecule has 1 aromatic rings. The first-order chi connectivity index (χ1) is 13.0. The van der Waals surface area contributed by atoms with Crippen LogP contribution < -0.4 is 10.6 Å². The van der Waals surface area contributed by atoms with E-state index in [0.717, 1.165) is 23.6 Å². The van der Waals surface area contributed by atoms with Crippen LogP contribution in [0.1, 0.15) is 66.5 Å². The molecule has 6 heteroatoms. The zero-order chi connectivity index (χ0) is 20.3. The van der Waals surface area contributed by atoms with Crippen molar-refractivity contribution in [2.75, 3.05) is 6.54 Å². The fraction of sp³-hybridized carbons (Fsp3) is 0.524. The van der Waals surface area contributed by atoms with Crippen molar-refractivity contribution >= 4 is 24.1 Å². The van der Waals surface area contributed by atoms with E-state index < -0.39 is 0 Å². The maximum atomic E-state index is 5.76. The molecule has 0 saturated heterocycles. The minimum Gasteiger partial charge on any atom is -0.441 e. The van der Waals surface area contributed by atoms with Crippen molar-refractivity contribution < 1.29 is 4.42 Å². The molecule has 0 radical (unpaired) electrons. The number of aliphatic imine (C=N–C) groups is 1. The van der Waals surface area contributed by atoms with Crippen LogP contribution in [0.25, 0.3) is 6.08 Å². The fourth-order valence-electron chi connectivity index (χ4n) is 2.16. The summed E-state index contributed by atoms with van der Waals surface area (Å²) in [4.78, 5) is 9.64. The number of aromatic nitrogens is 1. The predicted octanol–water partition coefficient (Wildman–Crippen LogP) is 5.45. The number of allylic oxidation sites excluding steroid dienone is 2. The Morgan fingerprint density at radius 2 is 1.96 bits per heavy atom. The average Bonchev–Trinajstić information content (AvgIpc) is 3.33. The molecule has 1 atom stereocenters. The van der Waals surface area contributed by atoms with Gasteiger partial charge < -0.3 is 15.1 Å². The molecule has 3 heterocycles. The van der Waals surface area contributed by atoms with Crippen molar-refractivity contribution in [1.29, 1.82) is 0 Å². The van der Waals surface area contributed by atoms with Crippen molar-refractivity contribution in [3.63, 3.8) is 0 Å². The summed E-state index contributed by atoms with van der Waals surface area (Å²) in [7, 11) is 0. The van der Waals surface area contributed by atoms with Gasteiger partial charge in [-0.3, -0.25) is 4.99 Å². The molecule has 1 unspecified atom stereocenters. The van der Waals surface area contributed by atoms with Crippen molar-refractivity contribution in [2.24, 2.45) is 4.99 Å². The summed E-state index contributed by atoms with van der Waals surface area (Å²) >= 11 is 1.73. The Kier molecular flexibility index (Phi) is 10.0. The number of thioether (sulfide) groups is 1. The lowest BCUT2D eigenvalue weighted by atomic mass is 9.94. The molecule has 2 N–H and O–H groups in total. The number of dihydropyridines is 1. The molecule has 0 saturated carbocycles. The number of nitrogens with one attached hydrogen (secondary N) is 2. The van der Waals surface area contributed by atoms with Crippen LogP contribution in [0, 0.1) is 0 Å². The second-order valence-electron chi connectivity index (χ2n) is 6.50. The summed E-state index contributed by atoms with van der Waals surface area (Å²) < 4.78 is 5.76. The molecule has 0 amide bonds. The molecule has 0 spiro atoms. The second-order valence-corrected chi connectivity index (χ2v) is 7.68. The molecule has 5 nitrogen and oxygen atoms in total. The molecule has 150 valence electrons. The summed E-state index contributed by atoms with van der Waals surface area (Å²) in [6.07, 6.45) is 12.6. The van der Waals surface area contributed by atoms with E-state index in [9.17, 15) is 0 Å². The molecule has 0 fully saturated rings. The number of rotatable bonds is 4. The van der Waals surface area contributed by atoms with Crippen molar-refractivity contribution in [3.05, 3.63) is 46.8 Å². The molecular formula is C21H34N4OS. The monoisotopic (exact) mass is 390 g/mol. The Bertz CT molecular complexity index is 681. The van der Waals surface area contributed by atoms with E-state index in [1.54, 1.807) is 18.0 Å². The van der Waals surface area contributed by atoms with E-state index in [-0.39, 0.29) is 10.9 Å². The van der Waals surface area contributed by atoms with Gasteiger partial charge in [-0.2, -0.15) is 0 Å². The minimum absolute atomic E-state index is 0.0198. The van der Waals surface area contributed by atoms with Gasteiger partial charge in [-0.15, -0.1) is 0 Å². The molecule has 1 aromatic heterocycles. The summed E-state index contributed by atoms with van der Waals surface area (Å²) in [5.74, 6) is 1.54. The lowest BCUT2D eigenvalue weighted by molar-refractivity contribution is 0.403. The first kappa shape index (κ1) is 23.1. The van der Waals surface area contributed by atoms with Gasteiger partial charge in [0.15, 0.2) is 0 Å². The molecule has 27 heavy (non-hydrogen) atoms. The highest BCUT2D eigenvalue weighted by Crippen LogP contribution is 2.27. The van der Waals surface area contributed by atoms with E-state index in [1.807, 2.05) is 58.3 Å². The smallest absolute Gasteiger partial charge is 0.218 e. The molecule has 0 bridgehead atoms. The third-order valence-corrected chi connectivity index (χ3v) is 4.51. The van der Waals surface area contributed by atoms with Gasteiger partial charge in [0.05, 0.1) is 6.20 Å². The molecule has 0 aliphatic carbocycles. The van der Waals surface area contributed by atoms with Gasteiger partial charge in [0.2, 0.25) is 5.89 Å². The first-order valence-corrected chi connectivity index (χ1v) is 10.6. The maximum absolute atomic E-state index is 5.76.